The maximum Gasteiger partial charge on any atom is 0.213 e. The van der Waals surface area contributed by atoms with E-state index in [1.807, 2.05) is 0 Å². The molecule has 0 radical (unpaired) electrons. The molecule has 2 heterocycles. The third-order valence-electron chi connectivity index (χ3n) is 3.09. The van der Waals surface area contributed by atoms with Crippen LogP contribution in [0.2, 0.25) is 0 Å². The highest BCUT2D eigenvalue weighted by molar-refractivity contribution is 14.1. The van der Waals surface area contributed by atoms with Crippen LogP contribution in [0.4, 0.5) is 28.9 Å². The first-order chi connectivity index (χ1) is 14.1. The molecule has 6 nitrogen and oxygen atoms in total. The summed E-state index contributed by atoms with van der Waals surface area (Å²) in [5.74, 6) is -4.22. The summed E-state index contributed by atoms with van der Waals surface area (Å²) in [6.07, 6.45) is 3.11. The van der Waals surface area contributed by atoms with E-state index in [9.17, 15) is 17.6 Å². The molecule has 0 bridgehead atoms. The molecule has 0 unspecified atom stereocenters. The maximum atomic E-state index is 12.6. The first-order valence-electron chi connectivity index (χ1n) is 7.80. The lowest BCUT2D eigenvalue weighted by Gasteiger charge is -2.02. The van der Waals surface area contributed by atoms with Crippen LogP contribution in [0.5, 0.6) is 11.8 Å². The molecule has 30 heavy (non-hydrogen) atoms. The number of rotatable bonds is 2. The number of nitrogens with two attached hydrogens (primary N) is 2. The minimum absolute atomic E-state index is 0.587. The van der Waals surface area contributed by atoms with Crippen molar-refractivity contribution in [3.8, 4) is 11.8 Å². The molecule has 4 N–H and O–H groups in total. The summed E-state index contributed by atoms with van der Waals surface area (Å²) in [7, 11) is 3.14. The second-order valence-electron chi connectivity index (χ2n) is 5.15. The van der Waals surface area contributed by atoms with Gasteiger partial charge in [0.05, 0.1) is 45.1 Å². The van der Waals surface area contributed by atoms with Crippen LogP contribution >= 0.6 is 45.2 Å². The summed E-state index contributed by atoms with van der Waals surface area (Å²) in [5.41, 5.74) is 12.0. The third kappa shape index (κ3) is 7.62. The number of benzene rings is 1. The Morgan fingerprint density at radius 2 is 0.967 bits per heavy atom. The summed E-state index contributed by atoms with van der Waals surface area (Å²) in [5, 5.41) is 0. The van der Waals surface area contributed by atoms with Crippen molar-refractivity contribution in [3.05, 3.63) is 67.1 Å². The molecule has 12 heteroatoms. The van der Waals surface area contributed by atoms with Gasteiger partial charge < -0.3 is 20.9 Å². The standard InChI is InChI=1S/C6F4I2.2C6H8N2O/c7-1-2(8)6(12)4(10)3(9)5(1)11;2*1-9-6-3-2-5(7)4-8-6/h;2*2-4H,7H2,1H3. The number of aromatic nitrogens is 2. The van der Waals surface area contributed by atoms with Gasteiger partial charge in [-0.15, -0.1) is 0 Å². The number of ether oxygens (including phenoxy) is 2. The van der Waals surface area contributed by atoms with Gasteiger partial charge in [0.15, 0.2) is 23.3 Å². The van der Waals surface area contributed by atoms with Gasteiger partial charge in [-0.25, -0.2) is 27.5 Å². The molecule has 2 aromatic heterocycles. The van der Waals surface area contributed by atoms with E-state index in [4.69, 9.17) is 20.9 Å². The highest BCUT2D eigenvalue weighted by Crippen LogP contribution is 2.26. The van der Waals surface area contributed by atoms with Gasteiger partial charge in [0.25, 0.3) is 0 Å². The van der Waals surface area contributed by atoms with Crippen LogP contribution < -0.4 is 20.9 Å². The summed E-state index contributed by atoms with van der Waals surface area (Å²) in [4.78, 5) is 7.70. The van der Waals surface area contributed by atoms with Crippen LogP contribution in [-0.4, -0.2) is 24.2 Å². The van der Waals surface area contributed by atoms with E-state index >= 15 is 0 Å². The smallest absolute Gasteiger partial charge is 0.213 e. The van der Waals surface area contributed by atoms with E-state index < -0.39 is 30.4 Å². The molecule has 0 amide bonds. The van der Waals surface area contributed by atoms with Crippen molar-refractivity contribution in [1.29, 1.82) is 0 Å². The molecule has 162 valence electrons. The summed E-state index contributed by atoms with van der Waals surface area (Å²) < 4.78 is 58.8. The average Bonchev–Trinajstić information content (AvgIpc) is 2.77. The number of pyridine rings is 2. The number of hydrogen-bond acceptors (Lipinski definition) is 6. The predicted octanol–water partition coefficient (Wildman–Crippen LogP) is 4.80. The fourth-order valence-electron chi connectivity index (χ4n) is 1.60. The Morgan fingerprint density at radius 1 is 0.667 bits per heavy atom. The molecule has 0 atom stereocenters. The fourth-order valence-corrected chi connectivity index (χ4v) is 2.55. The van der Waals surface area contributed by atoms with E-state index in [0.29, 0.717) is 23.1 Å². The Balaban J connectivity index is 0.000000229. The number of methoxy groups -OCH3 is 2. The van der Waals surface area contributed by atoms with E-state index in [1.54, 1.807) is 50.9 Å². The molecule has 0 aliphatic heterocycles. The van der Waals surface area contributed by atoms with Crippen molar-refractivity contribution in [3.63, 3.8) is 0 Å². The quantitative estimate of drug-likeness (QED) is 0.179. The van der Waals surface area contributed by atoms with Gasteiger partial charge in [-0.1, -0.05) is 0 Å². The lowest BCUT2D eigenvalue weighted by molar-refractivity contribution is 0.398. The zero-order valence-corrected chi connectivity index (χ0v) is 19.9. The van der Waals surface area contributed by atoms with Crippen LogP contribution in [-0.2, 0) is 0 Å². The maximum absolute atomic E-state index is 12.6. The van der Waals surface area contributed by atoms with Gasteiger partial charge >= 0.3 is 0 Å². The van der Waals surface area contributed by atoms with Crippen molar-refractivity contribution >= 4 is 56.6 Å². The SMILES string of the molecule is COc1ccc(N)cn1.COc1ccc(N)cn1.Fc1c(F)c(I)c(F)c(F)c1I. The summed E-state index contributed by atoms with van der Waals surface area (Å²) in [6.45, 7) is 0. The summed E-state index contributed by atoms with van der Waals surface area (Å²) in [6, 6.07) is 6.92. The Kier molecular flexibility index (Phi) is 10.9. The van der Waals surface area contributed by atoms with Crippen LogP contribution in [0, 0.1) is 30.4 Å². The molecule has 0 saturated carbocycles. The molecule has 0 spiro atoms. The van der Waals surface area contributed by atoms with E-state index in [1.165, 1.54) is 45.2 Å². The van der Waals surface area contributed by atoms with Crippen LogP contribution in [0.25, 0.3) is 0 Å². The average molecular weight is 650 g/mol. The Bertz CT molecular complexity index is 811. The van der Waals surface area contributed by atoms with Gasteiger partial charge in [0.1, 0.15) is 0 Å². The van der Waals surface area contributed by atoms with Gasteiger partial charge in [-0.2, -0.15) is 0 Å². The Morgan fingerprint density at radius 3 is 1.17 bits per heavy atom. The zero-order valence-electron chi connectivity index (χ0n) is 15.6. The second kappa shape index (κ2) is 12.6. The molecule has 0 saturated heterocycles. The minimum atomic E-state index is -1.35. The monoisotopic (exact) mass is 650 g/mol. The minimum Gasteiger partial charge on any atom is -0.481 e. The molecule has 0 fully saturated rings. The number of nitrogen functional groups attached to an aromatic ring is 2. The van der Waals surface area contributed by atoms with Crippen LogP contribution in [0.15, 0.2) is 36.7 Å². The van der Waals surface area contributed by atoms with E-state index in [-0.39, 0.29) is 0 Å². The predicted molar refractivity (Wildman–Crippen MR) is 122 cm³/mol. The van der Waals surface area contributed by atoms with Gasteiger partial charge in [0.2, 0.25) is 11.8 Å². The first kappa shape index (κ1) is 25.9. The Hall–Kier alpha value is -2.10. The second-order valence-corrected chi connectivity index (χ2v) is 7.31. The zero-order chi connectivity index (χ0) is 22.8. The van der Waals surface area contributed by atoms with Gasteiger partial charge in [-0.05, 0) is 57.3 Å². The number of halogens is 6. The normalized spacial score (nSPS) is 9.60. The van der Waals surface area contributed by atoms with Crippen LogP contribution in [0.3, 0.4) is 0 Å². The third-order valence-corrected chi connectivity index (χ3v) is 4.99. The number of hydrogen-bond donors (Lipinski definition) is 2. The molecular weight excluding hydrogens is 634 g/mol. The topological polar surface area (TPSA) is 96.3 Å². The van der Waals surface area contributed by atoms with Crippen molar-refractivity contribution in [1.82, 2.24) is 9.97 Å². The molecule has 0 aliphatic carbocycles. The lowest BCUT2D eigenvalue weighted by Crippen LogP contribution is -2.02. The highest BCUT2D eigenvalue weighted by atomic mass is 127. The van der Waals surface area contributed by atoms with Gasteiger partial charge in [-0.3, -0.25) is 0 Å². The van der Waals surface area contributed by atoms with Crippen molar-refractivity contribution < 1.29 is 27.0 Å². The molecular formula is C18H16F4I2N4O2. The van der Waals surface area contributed by atoms with Crippen molar-refractivity contribution in [2.24, 2.45) is 0 Å². The van der Waals surface area contributed by atoms with E-state index in [0.717, 1.165) is 0 Å². The highest BCUT2D eigenvalue weighted by Gasteiger charge is 2.21. The molecule has 3 aromatic rings. The van der Waals surface area contributed by atoms with Gasteiger partial charge in [0, 0.05) is 12.1 Å². The summed E-state index contributed by atoms with van der Waals surface area (Å²) >= 11 is 2.41. The van der Waals surface area contributed by atoms with Crippen molar-refractivity contribution in [2.75, 3.05) is 25.7 Å². The first-order valence-corrected chi connectivity index (χ1v) is 9.96. The lowest BCUT2D eigenvalue weighted by atomic mass is 10.3. The largest absolute Gasteiger partial charge is 0.481 e. The number of nitrogens with zero attached hydrogens (tertiary/aromatic N) is 2. The molecule has 3 rings (SSSR count). The van der Waals surface area contributed by atoms with E-state index in [2.05, 4.69) is 9.97 Å². The van der Waals surface area contributed by atoms with Crippen molar-refractivity contribution in [2.45, 2.75) is 0 Å². The molecule has 0 aliphatic rings. The Labute approximate surface area is 197 Å². The molecule has 1 aromatic carbocycles. The number of anilines is 2. The fraction of sp³-hybridized carbons (Fsp3) is 0.111. The van der Waals surface area contributed by atoms with Crippen LogP contribution in [0.1, 0.15) is 0 Å².